The Hall–Kier alpha value is -1.57. The number of nitrogens with one attached hydrogen (secondary N) is 3. The first kappa shape index (κ1) is 22.4. The van der Waals surface area contributed by atoms with Crippen LogP contribution in [0.2, 0.25) is 0 Å². The quantitative estimate of drug-likeness (QED) is 0.117. The largest absolute Gasteiger partial charge is 0.480 e. The summed E-state index contributed by atoms with van der Waals surface area (Å²) in [6, 6.07) is -1.07. The van der Waals surface area contributed by atoms with Crippen LogP contribution >= 0.6 is 37.5 Å². The highest BCUT2D eigenvalue weighted by Gasteiger charge is 2.35. The van der Waals surface area contributed by atoms with E-state index in [2.05, 4.69) is 53.4 Å². The number of hydrogen-bond donors (Lipinski definition) is 8. The first-order valence-electron chi connectivity index (χ1n) is 6.45. The van der Waals surface area contributed by atoms with Crippen LogP contribution < -0.4 is 21.7 Å². The van der Waals surface area contributed by atoms with E-state index in [4.69, 9.17) is 15.9 Å². The Kier molecular flexibility index (Phi) is 9.65. The van der Waals surface area contributed by atoms with Crippen LogP contribution in [0.1, 0.15) is 12.8 Å². The number of carboxylic acids is 2. The predicted octanol–water partition coefficient (Wildman–Crippen LogP) is -2.07. The number of nitrogens with two attached hydrogens (primary N) is 1. The molecule has 0 aromatic rings. The highest BCUT2D eigenvalue weighted by molar-refractivity contribution is 8.11. The summed E-state index contributed by atoms with van der Waals surface area (Å²) in [5.74, 6) is -4.15. The molecule has 136 valence electrons. The van der Waals surface area contributed by atoms with Crippen LogP contribution in [0.15, 0.2) is 0 Å². The first-order valence-corrected chi connectivity index (χ1v) is 7.93. The molecule has 24 heavy (non-hydrogen) atoms. The van der Waals surface area contributed by atoms with E-state index in [0.29, 0.717) is 0 Å². The lowest BCUT2D eigenvalue weighted by molar-refractivity contribution is -0.144. The van der Waals surface area contributed by atoms with Gasteiger partial charge in [-0.2, -0.15) is 12.6 Å². The Balaban J connectivity index is 4.63. The molecule has 0 heterocycles. The zero-order valence-corrected chi connectivity index (χ0v) is 14.9. The summed E-state index contributed by atoms with van der Waals surface area (Å²) in [5.41, 5.74) is 3.62. The number of aliphatic carboxylic acids is 2. The molecule has 0 aliphatic rings. The van der Waals surface area contributed by atoms with Crippen molar-refractivity contribution < 1.29 is 29.4 Å². The van der Waals surface area contributed by atoms with E-state index in [0.717, 1.165) is 0 Å². The van der Waals surface area contributed by atoms with Gasteiger partial charge in [-0.05, 0) is 0 Å². The number of thiocarbonyl (C=S) groups is 1. The monoisotopic (exact) mass is 398 g/mol. The van der Waals surface area contributed by atoms with E-state index < -0.39 is 42.0 Å². The molecule has 13 heteroatoms. The topological polar surface area (TPSA) is 171 Å². The van der Waals surface area contributed by atoms with E-state index in [1.165, 1.54) is 0 Å². The van der Waals surface area contributed by atoms with Gasteiger partial charge in [0.2, 0.25) is 11.8 Å². The molecule has 0 rings (SSSR count). The van der Waals surface area contributed by atoms with Crippen molar-refractivity contribution in [2.75, 3.05) is 12.3 Å². The maximum absolute atomic E-state index is 11.8. The molecule has 0 bridgehead atoms. The molecular weight excluding hydrogens is 380 g/mol. The second-order valence-electron chi connectivity index (χ2n) is 4.62. The first-order chi connectivity index (χ1) is 11.0. The highest BCUT2D eigenvalue weighted by atomic mass is 32.1. The average molecular weight is 398 g/mol. The van der Waals surface area contributed by atoms with Crippen molar-refractivity contribution in [2.45, 2.75) is 24.5 Å². The zero-order chi connectivity index (χ0) is 18.9. The molecular formula is C11H18N4O6S3. The summed E-state index contributed by atoms with van der Waals surface area (Å²) in [6.45, 7) is -0.604. The standard InChI is InChI=1S/C11H18N4O6S3/c12-11(9(20)21,15-10(23)24)2-1-6(16)14-5(4-22)8(19)13-3-7(17)18/h5,22H,1-4,12H2,(H,13,19)(H,14,16)(H,17,18)(H,20,21)(H2,15,23,24). The number of carbonyl (C=O) groups excluding carboxylic acids is 2. The fraction of sp³-hybridized carbons (Fsp3) is 0.545. The van der Waals surface area contributed by atoms with Crippen LogP contribution in [0.25, 0.3) is 0 Å². The van der Waals surface area contributed by atoms with Crippen LogP contribution in [-0.4, -0.2) is 62.3 Å². The van der Waals surface area contributed by atoms with Crippen LogP contribution in [0.4, 0.5) is 0 Å². The Labute approximate surface area is 153 Å². The summed E-state index contributed by atoms with van der Waals surface area (Å²) in [5, 5.41) is 24.2. The Morgan fingerprint density at radius 3 is 2.25 bits per heavy atom. The van der Waals surface area contributed by atoms with E-state index >= 15 is 0 Å². The van der Waals surface area contributed by atoms with Crippen molar-refractivity contribution in [1.82, 2.24) is 16.0 Å². The normalized spacial score (nSPS) is 14.0. The molecule has 0 saturated heterocycles. The maximum atomic E-state index is 11.8. The Morgan fingerprint density at radius 1 is 1.25 bits per heavy atom. The molecule has 2 amide bonds. The Bertz CT molecular complexity index is 532. The van der Waals surface area contributed by atoms with E-state index in [-0.39, 0.29) is 22.9 Å². The molecule has 0 aromatic carbocycles. The van der Waals surface area contributed by atoms with Crippen LogP contribution in [-0.2, 0) is 19.2 Å². The highest BCUT2D eigenvalue weighted by Crippen LogP contribution is 2.08. The van der Waals surface area contributed by atoms with Gasteiger partial charge in [0, 0.05) is 18.6 Å². The number of carbonyl (C=O) groups is 4. The molecule has 0 aliphatic heterocycles. The summed E-state index contributed by atoms with van der Waals surface area (Å²) in [7, 11) is 0. The van der Waals surface area contributed by atoms with Gasteiger partial charge in [0.25, 0.3) is 0 Å². The van der Waals surface area contributed by atoms with Gasteiger partial charge >= 0.3 is 11.9 Å². The van der Waals surface area contributed by atoms with E-state index in [9.17, 15) is 19.2 Å². The van der Waals surface area contributed by atoms with Crippen molar-refractivity contribution >= 4 is 65.5 Å². The van der Waals surface area contributed by atoms with Gasteiger partial charge in [-0.25, -0.2) is 4.79 Å². The van der Waals surface area contributed by atoms with Gasteiger partial charge in [0.15, 0.2) is 5.66 Å². The summed E-state index contributed by atoms with van der Waals surface area (Å²) in [4.78, 5) is 45.1. The maximum Gasteiger partial charge on any atom is 0.344 e. The molecule has 0 fully saturated rings. The molecule has 0 aliphatic carbocycles. The van der Waals surface area contributed by atoms with Crippen LogP contribution in [0.5, 0.6) is 0 Å². The second kappa shape index (κ2) is 10.3. The fourth-order valence-electron chi connectivity index (χ4n) is 1.47. The number of rotatable bonds is 10. The lowest BCUT2D eigenvalue weighted by Gasteiger charge is -2.26. The van der Waals surface area contributed by atoms with Gasteiger partial charge < -0.3 is 26.2 Å². The lowest BCUT2D eigenvalue weighted by Crippen LogP contribution is -2.61. The van der Waals surface area contributed by atoms with Crippen LogP contribution in [0, 0.1) is 0 Å². The van der Waals surface area contributed by atoms with Gasteiger partial charge in [0.05, 0.1) is 0 Å². The smallest absolute Gasteiger partial charge is 0.344 e. The molecule has 10 nitrogen and oxygen atoms in total. The van der Waals surface area contributed by atoms with Crippen molar-refractivity contribution in [3.63, 3.8) is 0 Å². The summed E-state index contributed by atoms with van der Waals surface area (Å²) < 4.78 is -0.151. The SMILES string of the molecule is NC(CCC(=O)NC(CS)C(=O)NCC(=O)O)(NC(=S)S)C(=O)O. The average Bonchev–Trinajstić information content (AvgIpc) is 2.47. The molecule has 2 atom stereocenters. The number of carboxylic acid groups (broad SMARTS) is 2. The molecule has 7 N–H and O–H groups in total. The fourth-order valence-corrected chi connectivity index (χ4v) is 2.11. The number of hydrogen-bond acceptors (Lipinski definition) is 7. The van der Waals surface area contributed by atoms with Crippen LogP contribution in [0.3, 0.4) is 0 Å². The van der Waals surface area contributed by atoms with Crippen molar-refractivity contribution in [1.29, 1.82) is 0 Å². The predicted molar refractivity (Wildman–Crippen MR) is 94.9 cm³/mol. The molecule has 0 saturated carbocycles. The van der Waals surface area contributed by atoms with Crippen molar-refractivity contribution in [3.8, 4) is 0 Å². The molecule has 0 aromatic heterocycles. The number of amides is 2. The summed E-state index contributed by atoms with van der Waals surface area (Å²) in [6.07, 6.45) is -0.659. The van der Waals surface area contributed by atoms with Gasteiger partial charge in [-0.1, -0.05) is 12.2 Å². The lowest BCUT2D eigenvalue weighted by atomic mass is 10.0. The summed E-state index contributed by atoms with van der Waals surface area (Å²) >= 11 is 12.2. The number of thiol groups is 2. The Morgan fingerprint density at radius 2 is 1.83 bits per heavy atom. The second-order valence-corrected chi connectivity index (χ2v) is 6.14. The minimum absolute atomic E-state index is 0.0805. The van der Waals surface area contributed by atoms with Crippen molar-refractivity contribution in [3.05, 3.63) is 0 Å². The third-order valence-electron chi connectivity index (χ3n) is 2.71. The van der Waals surface area contributed by atoms with E-state index in [1.807, 2.05) is 0 Å². The minimum Gasteiger partial charge on any atom is -0.480 e. The minimum atomic E-state index is -1.99. The molecule has 2 unspecified atom stereocenters. The molecule has 0 radical (unpaired) electrons. The van der Waals surface area contributed by atoms with Gasteiger partial charge in [-0.3, -0.25) is 20.1 Å². The van der Waals surface area contributed by atoms with E-state index in [1.54, 1.807) is 0 Å². The van der Waals surface area contributed by atoms with Gasteiger partial charge in [0.1, 0.15) is 16.9 Å². The zero-order valence-electron chi connectivity index (χ0n) is 12.3. The molecule has 0 spiro atoms. The van der Waals surface area contributed by atoms with Gasteiger partial charge in [-0.15, -0.1) is 12.6 Å². The van der Waals surface area contributed by atoms with Crippen molar-refractivity contribution in [2.24, 2.45) is 5.73 Å². The third-order valence-corrected chi connectivity index (χ3v) is 3.29. The third kappa shape index (κ3) is 8.33.